The number of rotatable bonds is 11. The Morgan fingerprint density at radius 3 is 2.62 bits per heavy atom. The van der Waals surface area contributed by atoms with Crippen LogP contribution in [0.3, 0.4) is 0 Å². The van der Waals surface area contributed by atoms with Gasteiger partial charge in [0, 0.05) is 17.5 Å². The van der Waals surface area contributed by atoms with Gasteiger partial charge in [-0.2, -0.15) is 0 Å². The largest absolute Gasteiger partial charge is 0.507 e. The zero-order valence-electron chi connectivity index (χ0n) is 20.0. The third-order valence-electron chi connectivity index (χ3n) is 5.80. The molecule has 0 saturated heterocycles. The third-order valence-corrected chi connectivity index (χ3v) is 5.80. The summed E-state index contributed by atoms with van der Waals surface area (Å²) < 4.78 is 21.5. The highest BCUT2D eigenvalue weighted by Crippen LogP contribution is 2.42. The average molecular weight is 470 g/mol. The first-order chi connectivity index (χ1) is 16.4. The van der Waals surface area contributed by atoms with Crippen LogP contribution in [-0.2, 0) is 22.6 Å². The number of fused-ring (bicyclic) bond motifs is 1. The predicted molar refractivity (Wildman–Crippen MR) is 127 cm³/mol. The van der Waals surface area contributed by atoms with Crippen molar-refractivity contribution in [2.45, 2.75) is 39.7 Å². The van der Waals surface area contributed by atoms with Crippen molar-refractivity contribution in [1.82, 2.24) is 5.32 Å². The molecule has 0 bridgehead atoms. The molecule has 182 valence electrons. The highest BCUT2D eigenvalue weighted by atomic mass is 16.5. The quantitative estimate of drug-likeness (QED) is 0.293. The number of phenolic OH excluding ortho intramolecular Hbond substituents is 1. The van der Waals surface area contributed by atoms with Gasteiger partial charge in [0.2, 0.25) is 5.91 Å². The van der Waals surface area contributed by atoms with E-state index in [9.17, 15) is 14.7 Å². The minimum absolute atomic E-state index is 0.0760. The Hall–Kier alpha value is -3.68. The van der Waals surface area contributed by atoms with E-state index in [2.05, 4.69) is 5.32 Å². The number of nitrogens with one attached hydrogen (secondary N) is 1. The van der Waals surface area contributed by atoms with Gasteiger partial charge in [0.05, 0.1) is 20.8 Å². The van der Waals surface area contributed by atoms with Crippen LogP contribution in [0.5, 0.6) is 23.0 Å². The van der Waals surface area contributed by atoms with Crippen LogP contribution in [0.4, 0.5) is 0 Å². The summed E-state index contributed by atoms with van der Waals surface area (Å²) in [5, 5.41) is 13.5. The van der Waals surface area contributed by atoms with E-state index in [0.29, 0.717) is 60.8 Å². The van der Waals surface area contributed by atoms with Crippen molar-refractivity contribution in [2.75, 3.05) is 27.4 Å². The minimum Gasteiger partial charge on any atom is -0.507 e. The molecule has 34 heavy (non-hydrogen) atoms. The van der Waals surface area contributed by atoms with Crippen molar-refractivity contribution >= 4 is 11.9 Å². The van der Waals surface area contributed by atoms with Gasteiger partial charge in [-0.1, -0.05) is 23.8 Å². The Balaban J connectivity index is 1.50. The molecule has 0 aromatic heterocycles. The molecule has 0 aliphatic carbocycles. The molecule has 2 N–H and O–H groups in total. The molecule has 2 aromatic carbocycles. The number of hydrogen-bond acceptors (Lipinski definition) is 7. The monoisotopic (exact) mass is 469 g/mol. The smallest absolute Gasteiger partial charge is 0.342 e. The van der Waals surface area contributed by atoms with Gasteiger partial charge in [-0.25, -0.2) is 4.79 Å². The summed E-state index contributed by atoms with van der Waals surface area (Å²) in [5.41, 5.74) is 3.19. The van der Waals surface area contributed by atoms with Crippen LogP contribution in [0, 0.1) is 6.92 Å². The summed E-state index contributed by atoms with van der Waals surface area (Å²) in [5.74, 6) is 1.13. The second-order valence-corrected chi connectivity index (χ2v) is 8.02. The number of amides is 1. The maximum atomic E-state index is 12.2. The van der Waals surface area contributed by atoms with Crippen LogP contribution in [0.1, 0.15) is 46.8 Å². The summed E-state index contributed by atoms with van der Waals surface area (Å²) >= 11 is 0. The van der Waals surface area contributed by atoms with E-state index in [1.165, 1.54) is 7.11 Å². The van der Waals surface area contributed by atoms with Crippen LogP contribution < -0.4 is 19.5 Å². The molecule has 3 rings (SSSR count). The van der Waals surface area contributed by atoms with Crippen LogP contribution in [0.2, 0.25) is 0 Å². The van der Waals surface area contributed by atoms with Gasteiger partial charge < -0.3 is 29.4 Å². The molecule has 0 radical (unpaired) electrons. The molecular weight excluding hydrogens is 438 g/mol. The second-order valence-electron chi connectivity index (χ2n) is 8.02. The lowest BCUT2D eigenvalue weighted by Crippen LogP contribution is -2.27. The highest BCUT2D eigenvalue weighted by molar-refractivity contribution is 5.98. The van der Waals surface area contributed by atoms with E-state index in [0.717, 1.165) is 11.1 Å². The highest BCUT2D eigenvalue weighted by Gasteiger charge is 2.31. The maximum absolute atomic E-state index is 12.2. The standard InChI is InChI=1S/C26H31NO7/c1-16(10-12-22(28)27-13-14-33-21-8-6-5-7-20(21)31-3)9-11-18-24(29)23-19(15-34-26(23)30)17(2)25(18)32-4/h5-9,29H,10-15H2,1-4H3,(H,27,28). The molecule has 1 heterocycles. The Labute approximate surface area is 199 Å². The van der Waals surface area contributed by atoms with Crippen molar-refractivity contribution in [3.05, 3.63) is 58.2 Å². The summed E-state index contributed by atoms with van der Waals surface area (Å²) in [4.78, 5) is 24.2. The molecule has 0 spiro atoms. The number of cyclic esters (lactones) is 1. The van der Waals surface area contributed by atoms with E-state index in [1.54, 1.807) is 7.11 Å². The Morgan fingerprint density at radius 1 is 1.18 bits per heavy atom. The minimum atomic E-state index is -0.522. The lowest BCUT2D eigenvalue weighted by atomic mass is 9.94. The van der Waals surface area contributed by atoms with Crippen LogP contribution in [0.15, 0.2) is 35.9 Å². The number of carbonyl (C=O) groups excluding carboxylic acids is 2. The van der Waals surface area contributed by atoms with E-state index >= 15 is 0 Å². The fourth-order valence-electron chi connectivity index (χ4n) is 3.89. The SMILES string of the molecule is COc1ccccc1OCCNC(=O)CCC(C)=CCc1c(O)c2c(c(C)c1OC)COC2=O. The molecule has 0 unspecified atom stereocenters. The second kappa shape index (κ2) is 11.4. The van der Waals surface area contributed by atoms with Gasteiger partial charge in [0.25, 0.3) is 0 Å². The van der Waals surface area contributed by atoms with E-state index in [4.69, 9.17) is 18.9 Å². The van der Waals surface area contributed by atoms with Crippen LogP contribution in [0.25, 0.3) is 0 Å². The summed E-state index contributed by atoms with van der Waals surface area (Å²) in [6.07, 6.45) is 3.20. The lowest BCUT2D eigenvalue weighted by Gasteiger charge is -2.15. The van der Waals surface area contributed by atoms with Crippen molar-refractivity contribution in [3.8, 4) is 23.0 Å². The fourth-order valence-corrected chi connectivity index (χ4v) is 3.89. The first kappa shape index (κ1) is 25.0. The number of ether oxygens (including phenoxy) is 4. The fraction of sp³-hybridized carbons (Fsp3) is 0.385. The molecule has 0 atom stereocenters. The average Bonchev–Trinajstić information content (AvgIpc) is 3.23. The predicted octanol–water partition coefficient (Wildman–Crippen LogP) is 3.85. The molecule has 8 nitrogen and oxygen atoms in total. The molecule has 0 saturated carbocycles. The number of hydrogen-bond donors (Lipinski definition) is 2. The van der Waals surface area contributed by atoms with E-state index in [-0.39, 0.29) is 23.8 Å². The molecule has 0 fully saturated rings. The molecule has 2 aromatic rings. The van der Waals surface area contributed by atoms with Crippen molar-refractivity contribution in [2.24, 2.45) is 0 Å². The van der Waals surface area contributed by atoms with E-state index < -0.39 is 5.97 Å². The van der Waals surface area contributed by atoms with Gasteiger partial charge in [-0.15, -0.1) is 0 Å². The van der Waals surface area contributed by atoms with E-state index in [1.807, 2.05) is 44.2 Å². The third kappa shape index (κ3) is 5.62. The number of phenols is 1. The Bertz CT molecular complexity index is 1090. The number of benzene rings is 2. The van der Waals surface area contributed by atoms with Gasteiger partial charge in [0.15, 0.2) is 11.5 Å². The molecular formula is C26H31NO7. The Kier molecular flexibility index (Phi) is 8.40. The molecule has 1 amide bonds. The van der Waals surface area contributed by atoms with Crippen molar-refractivity contribution in [3.63, 3.8) is 0 Å². The number of aromatic hydroxyl groups is 1. The first-order valence-corrected chi connectivity index (χ1v) is 11.1. The number of para-hydroxylation sites is 2. The number of methoxy groups -OCH3 is 2. The molecule has 8 heteroatoms. The molecule has 1 aliphatic rings. The zero-order valence-corrected chi connectivity index (χ0v) is 20.0. The number of esters is 1. The summed E-state index contributed by atoms with van der Waals surface area (Å²) in [6.45, 7) is 4.63. The topological polar surface area (TPSA) is 103 Å². The van der Waals surface area contributed by atoms with Gasteiger partial charge in [-0.3, -0.25) is 4.79 Å². The normalized spacial score (nSPS) is 12.7. The van der Waals surface area contributed by atoms with Crippen molar-refractivity contribution in [1.29, 1.82) is 0 Å². The zero-order chi connectivity index (χ0) is 24.7. The Morgan fingerprint density at radius 2 is 1.91 bits per heavy atom. The lowest BCUT2D eigenvalue weighted by molar-refractivity contribution is -0.121. The van der Waals surface area contributed by atoms with Gasteiger partial charge in [0.1, 0.15) is 30.3 Å². The number of carbonyl (C=O) groups is 2. The summed E-state index contributed by atoms with van der Waals surface area (Å²) in [6, 6.07) is 7.35. The molecule has 1 aliphatic heterocycles. The van der Waals surface area contributed by atoms with Gasteiger partial charge in [-0.05, 0) is 44.4 Å². The number of allylic oxidation sites excluding steroid dienone is 2. The maximum Gasteiger partial charge on any atom is 0.342 e. The first-order valence-electron chi connectivity index (χ1n) is 11.1. The van der Waals surface area contributed by atoms with Crippen LogP contribution in [-0.4, -0.2) is 44.4 Å². The van der Waals surface area contributed by atoms with Crippen molar-refractivity contribution < 1.29 is 33.6 Å². The summed E-state index contributed by atoms with van der Waals surface area (Å²) in [7, 11) is 3.12. The van der Waals surface area contributed by atoms with Gasteiger partial charge >= 0.3 is 5.97 Å². The van der Waals surface area contributed by atoms with Crippen LogP contribution >= 0.6 is 0 Å².